The van der Waals surface area contributed by atoms with Gasteiger partial charge in [0.1, 0.15) is 5.52 Å². The van der Waals surface area contributed by atoms with Gasteiger partial charge in [-0.1, -0.05) is 12.1 Å². The Hall–Kier alpha value is -3.28. The summed E-state index contributed by atoms with van der Waals surface area (Å²) in [6.45, 7) is 1.81. The molecule has 0 fully saturated rings. The Balaban J connectivity index is 1.96. The first kappa shape index (κ1) is 16.6. The summed E-state index contributed by atoms with van der Waals surface area (Å²) < 4.78 is 0. The van der Waals surface area contributed by atoms with Crippen LogP contribution in [0.1, 0.15) is 26.3 Å². The lowest BCUT2D eigenvalue weighted by molar-refractivity contribution is 0.0826. The summed E-state index contributed by atoms with van der Waals surface area (Å²) in [6, 6.07) is 10.6. The minimum Gasteiger partial charge on any atom is -0.345 e. The number of rotatable bonds is 3. The standard InChI is InChI=1S/C19H18N4O2/c1-12-13(19(25)23(2)3)6-4-8-15(12)22-18(24)14-7-5-9-16-17(14)21-11-10-20-16/h4-11H,1-3H3,(H,22,24). The van der Waals surface area contributed by atoms with Gasteiger partial charge in [-0.25, -0.2) is 0 Å². The van der Waals surface area contributed by atoms with Crippen LogP contribution in [0.5, 0.6) is 0 Å². The Morgan fingerprint density at radius 3 is 2.40 bits per heavy atom. The molecule has 0 bridgehead atoms. The molecule has 0 aliphatic heterocycles. The number of anilines is 1. The number of hydrogen-bond donors (Lipinski definition) is 1. The average molecular weight is 334 g/mol. The first-order valence-electron chi connectivity index (χ1n) is 7.81. The first-order chi connectivity index (χ1) is 12.0. The van der Waals surface area contributed by atoms with Gasteiger partial charge in [-0.3, -0.25) is 19.6 Å². The minimum absolute atomic E-state index is 0.107. The van der Waals surface area contributed by atoms with E-state index in [-0.39, 0.29) is 11.8 Å². The molecule has 0 radical (unpaired) electrons. The molecule has 1 aromatic heterocycles. The van der Waals surface area contributed by atoms with Gasteiger partial charge >= 0.3 is 0 Å². The second-order valence-corrected chi connectivity index (χ2v) is 5.86. The fraction of sp³-hybridized carbons (Fsp3) is 0.158. The summed E-state index contributed by atoms with van der Waals surface area (Å²) in [7, 11) is 3.39. The van der Waals surface area contributed by atoms with Crippen LogP contribution in [0.15, 0.2) is 48.8 Å². The van der Waals surface area contributed by atoms with Crippen molar-refractivity contribution in [3.05, 3.63) is 65.5 Å². The van der Waals surface area contributed by atoms with Gasteiger partial charge in [-0.05, 0) is 36.8 Å². The number of nitrogens with zero attached hydrogens (tertiary/aromatic N) is 3. The van der Waals surface area contributed by atoms with E-state index in [0.29, 0.717) is 27.8 Å². The van der Waals surface area contributed by atoms with Crippen molar-refractivity contribution in [1.29, 1.82) is 0 Å². The van der Waals surface area contributed by atoms with E-state index in [1.54, 1.807) is 62.9 Å². The zero-order valence-corrected chi connectivity index (χ0v) is 14.3. The number of carbonyl (C=O) groups excluding carboxylic acids is 2. The highest BCUT2D eigenvalue weighted by atomic mass is 16.2. The van der Waals surface area contributed by atoms with Crippen molar-refractivity contribution in [2.45, 2.75) is 6.92 Å². The molecule has 1 heterocycles. The number of nitrogens with one attached hydrogen (secondary N) is 1. The van der Waals surface area contributed by atoms with E-state index >= 15 is 0 Å². The van der Waals surface area contributed by atoms with E-state index in [9.17, 15) is 9.59 Å². The lowest BCUT2D eigenvalue weighted by atomic mass is 10.0. The summed E-state index contributed by atoms with van der Waals surface area (Å²) in [6.07, 6.45) is 3.14. The zero-order valence-electron chi connectivity index (χ0n) is 14.3. The van der Waals surface area contributed by atoms with Gasteiger partial charge < -0.3 is 10.2 Å². The van der Waals surface area contributed by atoms with Crippen LogP contribution in [0.3, 0.4) is 0 Å². The van der Waals surface area contributed by atoms with E-state index in [4.69, 9.17) is 0 Å². The molecular weight excluding hydrogens is 316 g/mol. The molecule has 0 saturated carbocycles. The largest absolute Gasteiger partial charge is 0.345 e. The highest BCUT2D eigenvalue weighted by Gasteiger charge is 2.16. The molecule has 6 heteroatoms. The summed E-state index contributed by atoms with van der Waals surface area (Å²) in [5.74, 6) is -0.395. The maximum absolute atomic E-state index is 12.7. The van der Waals surface area contributed by atoms with E-state index in [1.807, 2.05) is 6.92 Å². The zero-order chi connectivity index (χ0) is 18.0. The van der Waals surface area contributed by atoms with Crippen molar-refractivity contribution in [3.8, 4) is 0 Å². The number of carbonyl (C=O) groups is 2. The summed E-state index contributed by atoms with van der Waals surface area (Å²) in [5.41, 5.74) is 3.51. The Labute approximate surface area is 145 Å². The predicted molar refractivity (Wildman–Crippen MR) is 96.7 cm³/mol. The molecule has 1 N–H and O–H groups in total. The minimum atomic E-state index is -0.288. The lowest BCUT2D eigenvalue weighted by Crippen LogP contribution is -2.23. The Morgan fingerprint density at radius 1 is 0.960 bits per heavy atom. The number of fused-ring (bicyclic) bond motifs is 1. The number of para-hydroxylation sites is 1. The molecule has 2 amide bonds. The fourth-order valence-electron chi connectivity index (χ4n) is 2.61. The van der Waals surface area contributed by atoms with Gasteiger partial charge in [-0.2, -0.15) is 0 Å². The smallest absolute Gasteiger partial charge is 0.257 e. The normalized spacial score (nSPS) is 10.5. The van der Waals surface area contributed by atoms with Crippen LogP contribution < -0.4 is 5.32 Å². The van der Waals surface area contributed by atoms with Crippen LogP contribution in [-0.2, 0) is 0 Å². The number of aromatic nitrogens is 2. The van der Waals surface area contributed by atoms with Crippen LogP contribution in [0.4, 0.5) is 5.69 Å². The van der Waals surface area contributed by atoms with E-state index in [2.05, 4.69) is 15.3 Å². The maximum atomic E-state index is 12.7. The molecule has 3 rings (SSSR count). The third kappa shape index (κ3) is 3.19. The summed E-state index contributed by atoms with van der Waals surface area (Å²) >= 11 is 0. The first-order valence-corrected chi connectivity index (χ1v) is 7.81. The molecule has 0 unspecified atom stereocenters. The molecule has 6 nitrogen and oxygen atoms in total. The molecule has 2 aromatic carbocycles. The molecular formula is C19H18N4O2. The van der Waals surface area contributed by atoms with Crippen molar-refractivity contribution < 1.29 is 9.59 Å². The van der Waals surface area contributed by atoms with Gasteiger partial charge in [-0.15, -0.1) is 0 Å². The Kier molecular flexibility index (Phi) is 4.43. The predicted octanol–water partition coefficient (Wildman–Crippen LogP) is 2.89. The van der Waals surface area contributed by atoms with Gasteiger partial charge in [0.15, 0.2) is 0 Å². The van der Waals surface area contributed by atoms with Gasteiger partial charge in [0.05, 0.1) is 11.1 Å². The molecule has 25 heavy (non-hydrogen) atoms. The highest BCUT2D eigenvalue weighted by molar-refractivity contribution is 6.12. The van der Waals surface area contributed by atoms with E-state index < -0.39 is 0 Å². The third-order valence-electron chi connectivity index (χ3n) is 3.96. The molecule has 0 saturated heterocycles. The van der Waals surface area contributed by atoms with Crippen molar-refractivity contribution in [2.24, 2.45) is 0 Å². The summed E-state index contributed by atoms with van der Waals surface area (Å²) in [5, 5.41) is 2.88. The molecule has 0 spiro atoms. The molecule has 0 atom stereocenters. The number of hydrogen-bond acceptors (Lipinski definition) is 4. The SMILES string of the molecule is Cc1c(NC(=O)c2cccc3nccnc23)cccc1C(=O)N(C)C. The van der Waals surface area contributed by atoms with Crippen LogP contribution in [-0.4, -0.2) is 40.8 Å². The second-order valence-electron chi connectivity index (χ2n) is 5.86. The molecule has 0 aliphatic rings. The maximum Gasteiger partial charge on any atom is 0.257 e. The molecule has 0 aliphatic carbocycles. The quantitative estimate of drug-likeness (QED) is 0.799. The van der Waals surface area contributed by atoms with Gasteiger partial charge in [0.2, 0.25) is 0 Å². The Bertz CT molecular complexity index is 961. The topological polar surface area (TPSA) is 75.2 Å². The summed E-state index contributed by atoms with van der Waals surface area (Å²) in [4.78, 5) is 34.9. The number of benzene rings is 2. The van der Waals surface area contributed by atoms with E-state index in [0.717, 1.165) is 5.56 Å². The van der Waals surface area contributed by atoms with Crippen molar-refractivity contribution >= 4 is 28.5 Å². The van der Waals surface area contributed by atoms with E-state index in [1.165, 1.54) is 4.90 Å². The van der Waals surface area contributed by atoms with Gasteiger partial charge in [0, 0.05) is 37.7 Å². The van der Waals surface area contributed by atoms with Crippen molar-refractivity contribution in [3.63, 3.8) is 0 Å². The van der Waals surface area contributed by atoms with Crippen LogP contribution >= 0.6 is 0 Å². The lowest BCUT2D eigenvalue weighted by Gasteiger charge is -2.15. The fourth-order valence-corrected chi connectivity index (χ4v) is 2.61. The third-order valence-corrected chi connectivity index (χ3v) is 3.96. The second kappa shape index (κ2) is 6.68. The van der Waals surface area contributed by atoms with Crippen LogP contribution in [0.2, 0.25) is 0 Å². The van der Waals surface area contributed by atoms with Crippen LogP contribution in [0.25, 0.3) is 11.0 Å². The molecule has 3 aromatic rings. The van der Waals surface area contributed by atoms with Crippen LogP contribution in [0, 0.1) is 6.92 Å². The monoisotopic (exact) mass is 334 g/mol. The average Bonchev–Trinajstić information content (AvgIpc) is 2.62. The van der Waals surface area contributed by atoms with Gasteiger partial charge in [0.25, 0.3) is 11.8 Å². The highest BCUT2D eigenvalue weighted by Crippen LogP contribution is 2.22. The number of amides is 2. The van der Waals surface area contributed by atoms with Crippen molar-refractivity contribution in [2.75, 3.05) is 19.4 Å². The molecule has 126 valence electrons. The van der Waals surface area contributed by atoms with Crippen molar-refractivity contribution in [1.82, 2.24) is 14.9 Å². The Morgan fingerprint density at radius 2 is 1.64 bits per heavy atom.